The highest BCUT2D eigenvalue weighted by Gasteiger charge is 2.29. The Bertz CT molecular complexity index is 589. The van der Waals surface area contributed by atoms with Crippen LogP contribution in [0.2, 0.25) is 0 Å². The van der Waals surface area contributed by atoms with Crippen LogP contribution in [0.15, 0.2) is 24.3 Å². The van der Waals surface area contributed by atoms with Crippen molar-refractivity contribution in [3.05, 3.63) is 24.3 Å². The van der Waals surface area contributed by atoms with Gasteiger partial charge in [0.1, 0.15) is 0 Å². The average Bonchev–Trinajstić information content (AvgIpc) is 2.84. The zero-order chi connectivity index (χ0) is 14.1. The van der Waals surface area contributed by atoms with E-state index in [1.165, 1.54) is 31.2 Å². The van der Waals surface area contributed by atoms with E-state index in [1.807, 2.05) is 6.07 Å². The van der Waals surface area contributed by atoms with Crippen LogP contribution in [-0.2, 0) is 7.05 Å². The molecule has 0 saturated heterocycles. The van der Waals surface area contributed by atoms with Gasteiger partial charge in [-0.3, -0.25) is 0 Å². The van der Waals surface area contributed by atoms with E-state index in [0.29, 0.717) is 12.0 Å². The molecule has 0 spiro atoms. The molecule has 0 bridgehead atoms. The maximum absolute atomic E-state index is 5.97. The van der Waals surface area contributed by atoms with Gasteiger partial charge in [-0.15, -0.1) is 0 Å². The van der Waals surface area contributed by atoms with Gasteiger partial charge in [0, 0.05) is 20.1 Å². The lowest BCUT2D eigenvalue weighted by Gasteiger charge is -2.38. The van der Waals surface area contributed by atoms with Crippen LogP contribution >= 0.6 is 0 Å². The third-order valence-electron chi connectivity index (χ3n) is 4.75. The number of benzene rings is 1. The second kappa shape index (κ2) is 5.44. The summed E-state index contributed by atoms with van der Waals surface area (Å²) in [7, 11) is 4.27. The van der Waals surface area contributed by atoms with E-state index in [1.54, 1.807) is 0 Å². The van der Waals surface area contributed by atoms with E-state index in [0.717, 1.165) is 18.0 Å². The van der Waals surface area contributed by atoms with Crippen molar-refractivity contribution in [3.8, 4) is 0 Å². The number of imidazole rings is 1. The molecule has 2 aromatic rings. The Balaban J connectivity index is 1.95. The van der Waals surface area contributed by atoms with Gasteiger partial charge in [-0.1, -0.05) is 25.0 Å². The first-order chi connectivity index (χ1) is 9.72. The molecule has 2 atom stereocenters. The summed E-state index contributed by atoms with van der Waals surface area (Å²) in [5, 5.41) is 0. The molecule has 2 unspecified atom stereocenters. The number of hydrogen-bond donors (Lipinski definition) is 1. The highest BCUT2D eigenvalue weighted by atomic mass is 15.3. The molecule has 1 aromatic carbocycles. The number of aromatic nitrogens is 2. The summed E-state index contributed by atoms with van der Waals surface area (Å²) < 4.78 is 2.19. The molecule has 108 valence electrons. The molecular formula is C16H24N4. The summed E-state index contributed by atoms with van der Waals surface area (Å²) in [6.45, 7) is 0.777. The SMILES string of the molecule is CN(c1nc2ccccc2n1C)C1CCCCC1CN. The zero-order valence-corrected chi connectivity index (χ0v) is 12.4. The quantitative estimate of drug-likeness (QED) is 0.934. The molecule has 4 heteroatoms. The van der Waals surface area contributed by atoms with Crippen LogP contribution < -0.4 is 10.6 Å². The second-order valence-electron chi connectivity index (χ2n) is 5.92. The fourth-order valence-corrected chi connectivity index (χ4v) is 3.57. The molecule has 1 aliphatic carbocycles. The summed E-state index contributed by atoms with van der Waals surface area (Å²) in [4.78, 5) is 7.15. The maximum atomic E-state index is 5.97. The lowest BCUT2D eigenvalue weighted by Crippen LogP contribution is -2.44. The number of anilines is 1. The Kier molecular flexibility index (Phi) is 3.66. The largest absolute Gasteiger partial charge is 0.342 e. The Labute approximate surface area is 120 Å². The molecule has 1 aromatic heterocycles. The molecule has 2 N–H and O–H groups in total. The van der Waals surface area contributed by atoms with Crippen LogP contribution in [0.1, 0.15) is 25.7 Å². The van der Waals surface area contributed by atoms with Gasteiger partial charge < -0.3 is 15.2 Å². The van der Waals surface area contributed by atoms with Gasteiger partial charge in [0.15, 0.2) is 0 Å². The van der Waals surface area contributed by atoms with E-state index < -0.39 is 0 Å². The Hall–Kier alpha value is -1.55. The minimum Gasteiger partial charge on any atom is -0.342 e. The number of hydrogen-bond acceptors (Lipinski definition) is 3. The lowest BCUT2D eigenvalue weighted by atomic mass is 9.84. The number of rotatable bonds is 3. The highest BCUT2D eigenvalue weighted by Crippen LogP contribution is 2.31. The van der Waals surface area contributed by atoms with Crippen molar-refractivity contribution < 1.29 is 0 Å². The normalized spacial score (nSPS) is 23.1. The Morgan fingerprint density at radius 2 is 2.05 bits per heavy atom. The fraction of sp³-hybridized carbons (Fsp3) is 0.562. The number of aryl methyl sites for hydroxylation is 1. The molecule has 4 nitrogen and oxygen atoms in total. The predicted molar refractivity (Wildman–Crippen MR) is 83.9 cm³/mol. The smallest absolute Gasteiger partial charge is 0.206 e. The maximum Gasteiger partial charge on any atom is 0.206 e. The summed E-state index contributed by atoms with van der Waals surface area (Å²) in [5.74, 6) is 1.64. The van der Waals surface area contributed by atoms with Crippen molar-refractivity contribution in [3.63, 3.8) is 0 Å². The summed E-state index contributed by atoms with van der Waals surface area (Å²) in [6, 6.07) is 8.83. The molecule has 1 saturated carbocycles. The van der Waals surface area contributed by atoms with Crippen LogP contribution in [0.3, 0.4) is 0 Å². The standard InChI is InChI=1S/C16H24N4/c1-19(14-9-5-3-7-12(14)11-17)16-18-13-8-4-6-10-15(13)20(16)2/h4,6,8,10,12,14H,3,5,7,9,11,17H2,1-2H3. The predicted octanol–water partition coefficient (Wildman–Crippen LogP) is 2.53. The van der Waals surface area contributed by atoms with Crippen LogP contribution in [0.25, 0.3) is 11.0 Å². The monoisotopic (exact) mass is 272 g/mol. The molecule has 1 aliphatic rings. The van der Waals surface area contributed by atoms with Crippen molar-refractivity contribution in [1.29, 1.82) is 0 Å². The van der Waals surface area contributed by atoms with Crippen LogP contribution in [0, 0.1) is 5.92 Å². The number of nitrogens with two attached hydrogens (primary N) is 1. The van der Waals surface area contributed by atoms with E-state index >= 15 is 0 Å². The molecule has 20 heavy (non-hydrogen) atoms. The number of para-hydroxylation sites is 2. The van der Waals surface area contributed by atoms with Gasteiger partial charge in [0.25, 0.3) is 0 Å². The molecule has 1 fully saturated rings. The van der Waals surface area contributed by atoms with Gasteiger partial charge in [-0.05, 0) is 37.4 Å². The van der Waals surface area contributed by atoms with Crippen molar-refractivity contribution in [2.75, 3.05) is 18.5 Å². The van der Waals surface area contributed by atoms with E-state index in [4.69, 9.17) is 10.7 Å². The average molecular weight is 272 g/mol. The fourth-order valence-electron chi connectivity index (χ4n) is 3.57. The van der Waals surface area contributed by atoms with Crippen LogP contribution in [0.4, 0.5) is 5.95 Å². The zero-order valence-electron chi connectivity index (χ0n) is 12.4. The summed E-state index contributed by atoms with van der Waals surface area (Å²) in [5.41, 5.74) is 8.22. The topological polar surface area (TPSA) is 47.1 Å². The van der Waals surface area contributed by atoms with E-state index in [-0.39, 0.29) is 0 Å². The van der Waals surface area contributed by atoms with Crippen LogP contribution in [0.5, 0.6) is 0 Å². The third-order valence-corrected chi connectivity index (χ3v) is 4.75. The van der Waals surface area contributed by atoms with Crippen LogP contribution in [-0.4, -0.2) is 29.2 Å². The highest BCUT2D eigenvalue weighted by molar-refractivity contribution is 5.78. The molecule has 0 aliphatic heterocycles. The van der Waals surface area contributed by atoms with Gasteiger partial charge >= 0.3 is 0 Å². The van der Waals surface area contributed by atoms with E-state index in [9.17, 15) is 0 Å². The number of nitrogens with zero attached hydrogens (tertiary/aromatic N) is 3. The van der Waals surface area contributed by atoms with Gasteiger partial charge in [-0.2, -0.15) is 0 Å². The van der Waals surface area contributed by atoms with Crippen molar-refractivity contribution in [2.45, 2.75) is 31.7 Å². The van der Waals surface area contributed by atoms with Crippen molar-refractivity contribution in [2.24, 2.45) is 18.7 Å². The first kappa shape index (κ1) is 13.4. The number of fused-ring (bicyclic) bond motifs is 1. The second-order valence-corrected chi connectivity index (χ2v) is 5.92. The van der Waals surface area contributed by atoms with Gasteiger partial charge in [0.2, 0.25) is 5.95 Å². The minimum absolute atomic E-state index is 0.518. The minimum atomic E-state index is 0.518. The summed E-state index contributed by atoms with van der Waals surface area (Å²) >= 11 is 0. The molecular weight excluding hydrogens is 248 g/mol. The third kappa shape index (κ3) is 2.18. The van der Waals surface area contributed by atoms with Crippen molar-refractivity contribution >= 4 is 17.0 Å². The van der Waals surface area contributed by atoms with Gasteiger partial charge in [-0.25, -0.2) is 4.98 Å². The molecule has 3 rings (SSSR count). The summed E-state index contributed by atoms with van der Waals surface area (Å²) in [6.07, 6.45) is 5.08. The molecule has 1 heterocycles. The molecule has 0 amide bonds. The van der Waals surface area contributed by atoms with Gasteiger partial charge in [0.05, 0.1) is 11.0 Å². The first-order valence-corrected chi connectivity index (χ1v) is 7.56. The van der Waals surface area contributed by atoms with E-state index in [2.05, 4.69) is 41.8 Å². The van der Waals surface area contributed by atoms with Crippen molar-refractivity contribution in [1.82, 2.24) is 9.55 Å². The Morgan fingerprint density at radius 1 is 1.30 bits per heavy atom. The Morgan fingerprint density at radius 3 is 2.80 bits per heavy atom. The first-order valence-electron chi connectivity index (χ1n) is 7.56. The lowest BCUT2D eigenvalue weighted by molar-refractivity contribution is 0.304. The molecule has 0 radical (unpaired) electrons.